The van der Waals surface area contributed by atoms with E-state index in [-0.39, 0.29) is 11.7 Å². The van der Waals surface area contributed by atoms with E-state index in [2.05, 4.69) is 23.7 Å². The van der Waals surface area contributed by atoms with E-state index in [1.807, 2.05) is 59.5 Å². The number of amides is 1. The second-order valence-electron chi connectivity index (χ2n) is 9.03. The highest BCUT2D eigenvalue weighted by molar-refractivity contribution is 6.06. The minimum atomic E-state index is -0.142. The molecule has 2 heterocycles. The van der Waals surface area contributed by atoms with Gasteiger partial charge in [0.05, 0.1) is 5.52 Å². The Bertz CT molecular complexity index is 1140. The summed E-state index contributed by atoms with van der Waals surface area (Å²) in [6, 6.07) is 18.8. The van der Waals surface area contributed by atoms with Gasteiger partial charge in [-0.05, 0) is 54.8 Å². The molecule has 0 radical (unpaired) electrons. The lowest BCUT2D eigenvalue weighted by Gasteiger charge is -2.35. The average molecular weight is 442 g/mol. The number of carbonyl (C=O) groups excluding carboxylic acids is 2. The monoisotopic (exact) mass is 441 g/mol. The van der Waals surface area contributed by atoms with E-state index in [1.54, 1.807) is 12.1 Å². The fourth-order valence-electron chi connectivity index (χ4n) is 4.00. The summed E-state index contributed by atoms with van der Waals surface area (Å²) in [5.74, 6) is 0.637. The predicted octanol–water partition coefficient (Wildman–Crippen LogP) is 4.93. The minimum Gasteiger partial charge on any atom is -0.336 e. The lowest BCUT2D eigenvalue weighted by molar-refractivity contribution is 0.0631. The predicted molar refractivity (Wildman–Crippen MR) is 133 cm³/mol. The molecule has 1 saturated heterocycles. The maximum Gasteiger partial charge on any atom is 0.253 e. The Kier molecular flexibility index (Phi) is 7.30. The molecule has 0 unspecified atom stereocenters. The number of hydrogen-bond donors (Lipinski definition) is 0. The first kappa shape index (κ1) is 22.9. The number of pyridine rings is 1. The van der Waals surface area contributed by atoms with Gasteiger partial charge in [-0.3, -0.25) is 14.5 Å². The summed E-state index contributed by atoms with van der Waals surface area (Å²) in [5.41, 5.74) is 2.79. The van der Waals surface area contributed by atoms with Crippen molar-refractivity contribution in [2.75, 3.05) is 32.7 Å². The Labute approximate surface area is 195 Å². The zero-order valence-corrected chi connectivity index (χ0v) is 19.4. The van der Waals surface area contributed by atoms with Gasteiger partial charge in [0, 0.05) is 37.1 Å². The van der Waals surface area contributed by atoms with Crippen molar-refractivity contribution in [3.05, 3.63) is 83.6 Å². The first-order valence-corrected chi connectivity index (χ1v) is 11.7. The van der Waals surface area contributed by atoms with Crippen LogP contribution in [0.5, 0.6) is 0 Å². The highest BCUT2D eigenvalue weighted by Gasteiger charge is 2.21. The normalized spacial score (nSPS) is 14.9. The van der Waals surface area contributed by atoms with Crippen LogP contribution < -0.4 is 0 Å². The number of para-hydroxylation sites is 1. The molecule has 1 aliphatic rings. The van der Waals surface area contributed by atoms with E-state index in [4.69, 9.17) is 0 Å². The molecule has 0 bridgehead atoms. The van der Waals surface area contributed by atoms with Crippen molar-refractivity contribution in [3.8, 4) is 0 Å². The first-order valence-electron chi connectivity index (χ1n) is 11.7. The Morgan fingerprint density at radius 2 is 1.67 bits per heavy atom. The number of ketones is 1. The fourth-order valence-corrected chi connectivity index (χ4v) is 4.00. The Morgan fingerprint density at radius 3 is 2.39 bits per heavy atom. The van der Waals surface area contributed by atoms with Crippen LogP contribution in [-0.2, 0) is 0 Å². The van der Waals surface area contributed by atoms with E-state index in [0.29, 0.717) is 17.2 Å². The van der Waals surface area contributed by atoms with Gasteiger partial charge < -0.3 is 4.90 Å². The van der Waals surface area contributed by atoms with Gasteiger partial charge in [0.2, 0.25) is 5.78 Å². The molecule has 1 fully saturated rings. The summed E-state index contributed by atoms with van der Waals surface area (Å²) in [7, 11) is 0. The van der Waals surface area contributed by atoms with Gasteiger partial charge in [-0.25, -0.2) is 4.98 Å². The van der Waals surface area contributed by atoms with Gasteiger partial charge in [-0.15, -0.1) is 0 Å². The molecule has 0 N–H and O–H groups in total. The number of fused-ring (bicyclic) bond motifs is 1. The first-order chi connectivity index (χ1) is 16.0. The van der Waals surface area contributed by atoms with Gasteiger partial charge in [-0.1, -0.05) is 56.3 Å². The molecule has 3 aromatic rings. The average Bonchev–Trinajstić information content (AvgIpc) is 2.86. The highest BCUT2D eigenvalue weighted by atomic mass is 16.2. The van der Waals surface area contributed by atoms with E-state index in [9.17, 15) is 9.59 Å². The SMILES string of the molecule is CC(C)CCN1CCN(C(=O)c2ccc(C=CC(=O)c3ccc4ccccc4n3)cc2)CC1. The molecule has 0 aliphatic carbocycles. The van der Waals surface area contributed by atoms with Gasteiger partial charge in [-0.2, -0.15) is 0 Å². The number of aromatic nitrogens is 1. The standard InChI is InChI=1S/C28H31N3O2/c1-21(2)15-16-30-17-19-31(20-18-30)28(33)24-10-7-22(8-11-24)9-14-27(32)26-13-12-23-5-3-4-6-25(23)29-26/h3-14,21H,15-20H2,1-2H3. The number of carbonyl (C=O) groups is 2. The van der Waals surface area contributed by atoms with E-state index in [0.717, 1.165) is 49.2 Å². The van der Waals surface area contributed by atoms with Crippen LogP contribution in [0, 0.1) is 5.92 Å². The minimum absolute atomic E-state index is 0.0745. The molecule has 1 amide bonds. The van der Waals surface area contributed by atoms with Crippen molar-refractivity contribution >= 4 is 28.7 Å². The summed E-state index contributed by atoms with van der Waals surface area (Å²) >= 11 is 0. The van der Waals surface area contributed by atoms with E-state index < -0.39 is 0 Å². The molecule has 0 saturated carbocycles. The highest BCUT2D eigenvalue weighted by Crippen LogP contribution is 2.15. The number of rotatable bonds is 7. The van der Waals surface area contributed by atoms with Crippen molar-refractivity contribution in [1.82, 2.24) is 14.8 Å². The molecule has 1 aromatic heterocycles. The van der Waals surface area contributed by atoms with E-state index in [1.165, 1.54) is 12.5 Å². The van der Waals surface area contributed by atoms with Crippen LogP contribution in [0.1, 0.15) is 46.7 Å². The van der Waals surface area contributed by atoms with Crippen LogP contribution in [-0.4, -0.2) is 59.2 Å². The fraction of sp³-hybridized carbons (Fsp3) is 0.321. The quantitative estimate of drug-likeness (QED) is 0.385. The lowest BCUT2D eigenvalue weighted by atomic mass is 10.1. The molecule has 4 rings (SSSR count). The Balaban J connectivity index is 1.33. The zero-order chi connectivity index (χ0) is 23.2. The summed E-state index contributed by atoms with van der Waals surface area (Å²) in [6.07, 6.45) is 4.49. The van der Waals surface area contributed by atoms with Crippen LogP contribution in [0.15, 0.2) is 66.7 Å². The largest absolute Gasteiger partial charge is 0.336 e. The van der Waals surface area contributed by atoms with Gasteiger partial charge in [0.15, 0.2) is 0 Å². The Hall–Kier alpha value is -3.31. The van der Waals surface area contributed by atoms with E-state index >= 15 is 0 Å². The molecule has 1 aliphatic heterocycles. The summed E-state index contributed by atoms with van der Waals surface area (Å²) < 4.78 is 0. The summed E-state index contributed by atoms with van der Waals surface area (Å²) in [4.78, 5) is 34.2. The molecular formula is C28H31N3O2. The lowest BCUT2D eigenvalue weighted by Crippen LogP contribution is -2.49. The third kappa shape index (κ3) is 5.93. The summed E-state index contributed by atoms with van der Waals surface area (Å²) in [5, 5.41) is 1.01. The number of piperazine rings is 1. The second-order valence-corrected chi connectivity index (χ2v) is 9.03. The molecule has 170 valence electrons. The third-order valence-corrected chi connectivity index (χ3v) is 6.12. The number of hydrogen-bond acceptors (Lipinski definition) is 4. The molecule has 5 heteroatoms. The number of nitrogens with zero attached hydrogens (tertiary/aromatic N) is 3. The maximum atomic E-state index is 12.9. The number of benzene rings is 2. The van der Waals surface area contributed by atoms with Gasteiger partial charge in [0.1, 0.15) is 5.69 Å². The molecular weight excluding hydrogens is 410 g/mol. The van der Waals surface area contributed by atoms with Crippen molar-refractivity contribution in [1.29, 1.82) is 0 Å². The van der Waals surface area contributed by atoms with Crippen molar-refractivity contribution in [3.63, 3.8) is 0 Å². The van der Waals surface area contributed by atoms with Crippen LogP contribution in [0.4, 0.5) is 0 Å². The second kappa shape index (κ2) is 10.5. The third-order valence-electron chi connectivity index (χ3n) is 6.12. The van der Waals surface area contributed by atoms with Crippen LogP contribution in [0.25, 0.3) is 17.0 Å². The van der Waals surface area contributed by atoms with Gasteiger partial charge in [0.25, 0.3) is 5.91 Å². The van der Waals surface area contributed by atoms with Crippen molar-refractivity contribution in [2.24, 2.45) is 5.92 Å². The topological polar surface area (TPSA) is 53.5 Å². The van der Waals surface area contributed by atoms with Crippen LogP contribution in [0.2, 0.25) is 0 Å². The molecule has 2 aromatic carbocycles. The molecule has 33 heavy (non-hydrogen) atoms. The van der Waals surface area contributed by atoms with Gasteiger partial charge >= 0.3 is 0 Å². The maximum absolute atomic E-state index is 12.9. The number of allylic oxidation sites excluding steroid dienone is 1. The molecule has 0 spiro atoms. The van der Waals surface area contributed by atoms with Crippen LogP contribution >= 0.6 is 0 Å². The molecule has 0 atom stereocenters. The zero-order valence-electron chi connectivity index (χ0n) is 19.4. The Morgan fingerprint density at radius 1 is 0.939 bits per heavy atom. The molecule has 5 nitrogen and oxygen atoms in total. The van der Waals surface area contributed by atoms with Crippen molar-refractivity contribution < 1.29 is 9.59 Å². The summed E-state index contributed by atoms with van der Waals surface area (Å²) in [6.45, 7) is 9.00. The van der Waals surface area contributed by atoms with Crippen molar-refractivity contribution in [2.45, 2.75) is 20.3 Å². The smallest absolute Gasteiger partial charge is 0.253 e. The van der Waals surface area contributed by atoms with Crippen LogP contribution in [0.3, 0.4) is 0 Å².